The van der Waals surface area contributed by atoms with Gasteiger partial charge in [-0.1, -0.05) is 77.1 Å². The van der Waals surface area contributed by atoms with Crippen molar-refractivity contribution in [3.05, 3.63) is 71.3 Å². The molecule has 5 heteroatoms. The number of nitrogens with zero attached hydrogens (tertiary/aromatic N) is 1. The van der Waals surface area contributed by atoms with Crippen LogP contribution in [0, 0.1) is 5.92 Å². The Hall–Kier alpha value is -2.66. The van der Waals surface area contributed by atoms with Crippen LogP contribution in [0.1, 0.15) is 62.1 Å². The molecule has 0 aliphatic heterocycles. The summed E-state index contributed by atoms with van der Waals surface area (Å²) in [5, 5.41) is 5.95. The number of nitrogens with one attached hydrogen (secondary N) is 2. The van der Waals surface area contributed by atoms with Gasteiger partial charge in [0.1, 0.15) is 6.04 Å². The zero-order valence-corrected chi connectivity index (χ0v) is 19.9. The van der Waals surface area contributed by atoms with E-state index in [0.29, 0.717) is 12.1 Å². The van der Waals surface area contributed by atoms with E-state index in [0.717, 1.165) is 11.1 Å². The van der Waals surface area contributed by atoms with Crippen molar-refractivity contribution >= 4 is 11.8 Å². The van der Waals surface area contributed by atoms with Gasteiger partial charge in [-0.25, -0.2) is 0 Å². The molecule has 0 aliphatic carbocycles. The van der Waals surface area contributed by atoms with Crippen LogP contribution in [0.5, 0.6) is 0 Å². The van der Waals surface area contributed by atoms with Gasteiger partial charge < -0.3 is 15.5 Å². The molecule has 0 radical (unpaired) electrons. The molecule has 0 aromatic heterocycles. The number of hydrogen-bond acceptors (Lipinski definition) is 3. The Kier molecular flexibility index (Phi) is 8.40. The van der Waals surface area contributed by atoms with Crippen LogP contribution >= 0.6 is 0 Å². The standard InChI is InChI=1S/C26H37N3O2/c1-18(2)23(28-24(30)20-13-15-21(16-14-20)26(3,4)5)25(31)27-17-22(29(6)7)19-11-9-8-10-12-19/h8-16,18,22-23H,17H2,1-7H3,(H,27,31)(H,28,30)/t22-,23+/m0/s1. The van der Waals surface area contributed by atoms with E-state index in [2.05, 4.69) is 48.4 Å². The largest absolute Gasteiger partial charge is 0.352 e. The second kappa shape index (κ2) is 10.6. The highest BCUT2D eigenvalue weighted by molar-refractivity contribution is 5.97. The molecule has 2 rings (SSSR count). The van der Waals surface area contributed by atoms with Gasteiger partial charge in [0, 0.05) is 12.1 Å². The molecule has 5 nitrogen and oxygen atoms in total. The van der Waals surface area contributed by atoms with Crippen molar-refractivity contribution in [2.24, 2.45) is 5.92 Å². The van der Waals surface area contributed by atoms with Crippen LogP contribution in [-0.2, 0) is 10.2 Å². The molecular formula is C26H37N3O2. The lowest BCUT2D eigenvalue weighted by Gasteiger charge is -2.27. The minimum absolute atomic E-state index is 0.0249. The number of hydrogen-bond donors (Lipinski definition) is 2. The van der Waals surface area contributed by atoms with Gasteiger partial charge in [0.2, 0.25) is 5.91 Å². The van der Waals surface area contributed by atoms with Gasteiger partial charge >= 0.3 is 0 Å². The van der Waals surface area contributed by atoms with Crippen molar-refractivity contribution in [3.63, 3.8) is 0 Å². The molecule has 0 saturated carbocycles. The van der Waals surface area contributed by atoms with Crippen LogP contribution in [0.4, 0.5) is 0 Å². The number of carbonyl (C=O) groups excluding carboxylic acids is 2. The first-order chi connectivity index (χ1) is 14.5. The fourth-order valence-corrected chi connectivity index (χ4v) is 3.46. The van der Waals surface area contributed by atoms with Crippen LogP contribution in [0.15, 0.2) is 54.6 Å². The fourth-order valence-electron chi connectivity index (χ4n) is 3.46. The van der Waals surface area contributed by atoms with Crippen LogP contribution in [0.3, 0.4) is 0 Å². The zero-order chi connectivity index (χ0) is 23.2. The number of amides is 2. The predicted octanol–water partition coefficient (Wildman–Crippen LogP) is 4.16. The van der Waals surface area contributed by atoms with Gasteiger partial charge in [-0.05, 0) is 48.7 Å². The quantitative estimate of drug-likeness (QED) is 0.670. The summed E-state index contributed by atoms with van der Waals surface area (Å²) < 4.78 is 0. The Morgan fingerprint density at radius 2 is 1.52 bits per heavy atom. The van der Waals surface area contributed by atoms with Crippen molar-refractivity contribution in [1.82, 2.24) is 15.5 Å². The summed E-state index contributed by atoms with van der Waals surface area (Å²) >= 11 is 0. The minimum atomic E-state index is -0.603. The summed E-state index contributed by atoms with van der Waals surface area (Å²) in [4.78, 5) is 27.8. The van der Waals surface area contributed by atoms with Crippen molar-refractivity contribution in [2.75, 3.05) is 20.6 Å². The van der Waals surface area contributed by atoms with Crippen molar-refractivity contribution in [2.45, 2.75) is 52.1 Å². The molecule has 2 N–H and O–H groups in total. The molecule has 31 heavy (non-hydrogen) atoms. The Bertz CT molecular complexity index is 852. The Labute approximate surface area is 187 Å². The Balaban J connectivity index is 2.05. The number of likely N-dealkylation sites (N-methyl/N-ethyl adjacent to an activating group) is 1. The summed E-state index contributed by atoms with van der Waals surface area (Å²) in [6.45, 7) is 10.8. The van der Waals surface area contributed by atoms with Gasteiger partial charge in [-0.15, -0.1) is 0 Å². The molecule has 0 aliphatic rings. The monoisotopic (exact) mass is 423 g/mol. The third-order valence-corrected chi connectivity index (χ3v) is 5.53. The Morgan fingerprint density at radius 1 is 0.935 bits per heavy atom. The van der Waals surface area contributed by atoms with E-state index in [4.69, 9.17) is 0 Å². The summed E-state index contributed by atoms with van der Waals surface area (Å²) in [5.41, 5.74) is 2.88. The van der Waals surface area contributed by atoms with Crippen LogP contribution in [-0.4, -0.2) is 43.4 Å². The first-order valence-electron chi connectivity index (χ1n) is 10.9. The molecular weight excluding hydrogens is 386 g/mol. The average molecular weight is 424 g/mol. The maximum Gasteiger partial charge on any atom is 0.251 e. The second-order valence-corrected chi connectivity index (χ2v) is 9.66. The predicted molar refractivity (Wildman–Crippen MR) is 127 cm³/mol. The SMILES string of the molecule is CC(C)[C@@H](NC(=O)c1ccc(C(C)(C)C)cc1)C(=O)NC[C@@H](c1ccccc1)N(C)C. The van der Waals surface area contributed by atoms with E-state index in [1.807, 2.05) is 70.4 Å². The highest BCUT2D eigenvalue weighted by atomic mass is 16.2. The molecule has 2 amide bonds. The average Bonchev–Trinajstić information content (AvgIpc) is 2.71. The number of rotatable bonds is 8. The maximum atomic E-state index is 13.0. The summed E-state index contributed by atoms with van der Waals surface area (Å²) in [6.07, 6.45) is 0. The molecule has 168 valence electrons. The third kappa shape index (κ3) is 6.93. The topological polar surface area (TPSA) is 61.4 Å². The molecule has 0 heterocycles. The molecule has 2 aromatic rings. The van der Waals surface area contributed by atoms with Crippen LogP contribution in [0.2, 0.25) is 0 Å². The third-order valence-electron chi connectivity index (χ3n) is 5.53. The lowest BCUT2D eigenvalue weighted by Crippen LogP contribution is -2.51. The number of benzene rings is 2. The van der Waals surface area contributed by atoms with Gasteiger partial charge in [0.15, 0.2) is 0 Å². The first-order valence-corrected chi connectivity index (χ1v) is 10.9. The molecule has 0 bridgehead atoms. The zero-order valence-electron chi connectivity index (χ0n) is 19.9. The molecule has 2 aromatic carbocycles. The van der Waals surface area contributed by atoms with E-state index in [9.17, 15) is 9.59 Å². The molecule has 2 atom stereocenters. The normalized spacial score (nSPS) is 13.7. The summed E-state index contributed by atoms with van der Waals surface area (Å²) in [5.74, 6) is -0.439. The van der Waals surface area contributed by atoms with E-state index in [1.54, 1.807) is 0 Å². The van der Waals surface area contributed by atoms with E-state index in [-0.39, 0.29) is 29.2 Å². The molecule has 0 spiro atoms. The van der Waals surface area contributed by atoms with Crippen molar-refractivity contribution in [1.29, 1.82) is 0 Å². The summed E-state index contributed by atoms with van der Waals surface area (Å²) in [7, 11) is 3.99. The first kappa shape index (κ1) is 24.6. The number of carbonyl (C=O) groups is 2. The molecule has 0 fully saturated rings. The lowest BCUT2D eigenvalue weighted by molar-refractivity contribution is -0.124. The minimum Gasteiger partial charge on any atom is -0.352 e. The van der Waals surface area contributed by atoms with E-state index in [1.165, 1.54) is 0 Å². The van der Waals surface area contributed by atoms with Crippen molar-refractivity contribution < 1.29 is 9.59 Å². The Morgan fingerprint density at radius 3 is 2.00 bits per heavy atom. The second-order valence-electron chi connectivity index (χ2n) is 9.66. The van der Waals surface area contributed by atoms with Crippen LogP contribution < -0.4 is 10.6 Å². The summed E-state index contributed by atoms with van der Waals surface area (Å²) in [6, 6.07) is 17.1. The molecule has 0 unspecified atom stereocenters. The van der Waals surface area contributed by atoms with Crippen molar-refractivity contribution in [3.8, 4) is 0 Å². The smallest absolute Gasteiger partial charge is 0.251 e. The fraction of sp³-hybridized carbons (Fsp3) is 0.462. The highest BCUT2D eigenvalue weighted by Crippen LogP contribution is 2.22. The van der Waals surface area contributed by atoms with Gasteiger partial charge in [0.05, 0.1) is 6.04 Å². The van der Waals surface area contributed by atoms with Gasteiger partial charge in [-0.3, -0.25) is 9.59 Å². The highest BCUT2D eigenvalue weighted by Gasteiger charge is 2.26. The van der Waals surface area contributed by atoms with Crippen LogP contribution in [0.25, 0.3) is 0 Å². The molecule has 0 saturated heterocycles. The van der Waals surface area contributed by atoms with E-state index < -0.39 is 6.04 Å². The lowest BCUT2D eigenvalue weighted by atomic mass is 9.86. The van der Waals surface area contributed by atoms with Gasteiger partial charge in [0.25, 0.3) is 5.91 Å². The van der Waals surface area contributed by atoms with E-state index >= 15 is 0 Å². The maximum absolute atomic E-state index is 13.0. The van der Waals surface area contributed by atoms with Gasteiger partial charge in [-0.2, -0.15) is 0 Å².